The normalized spacial score (nSPS) is 16.4. The molecule has 78 valence electrons. The van der Waals surface area contributed by atoms with Crippen LogP contribution in [0.2, 0.25) is 0 Å². The molecule has 1 fully saturated rings. The van der Waals surface area contributed by atoms with E-state index in [1.165, 1.54) is 18.6 Å². The van der Waals surface area contributed by atoms with Crippen LogP contribution >= 0.6 is 11.8 Å². The molecule has 2 nitrogen and oxygen atoms in total. The third kappa shape index (κ3) is 7.35. The van der Waals surface area contributed by atoms with E-state index < -0.39 is 0 Å². The maximum Gasteiger partial charge on any atom is 0.0494 e. The fraction of sp³-hybridized carbons (Fsp3) is 1.00. The van der Waals surface area contributed by atoms with Crippen LogP contribution in [0.15, 0.2) is 0 Å². The molecule has 0 saturated heterocycles. The Morgan fingerprint density at radius 2 is 2.23 bits per heavy atom. The van der Waals surface area contributed by atoms with Crippen molar-refractivity contribution < 1.29 is 4.74 Å². The molecule has 0 bridgehead atoms. The molecule has 3 heteroatoms. The van der Waals surface area contributed by atoms with Gasteiger partial charge in [0.05, 0.1) is 0 Å². The maximum atomic E-state index is 5.52. The van der Waals surface area contributed by atoms with Gasteiger partial charge in [-0.15, -0.1) is 0 Å². The Morgan fingerprint density at radius 3 is 2.92 bits per heavy atom. The second-order valence-corrected chi connectivity index (χ2v) is 4.60. The van der Waals surface area contributed by atoms with Crippen LogP contribution in [-0.4, -0.2) is 38.3 Å². The van der Waals surface area contributed by atoms with E-state index in [9.17, 15) is 0 Å². The van der Waals surface area contributed by atoms with Gasteiger partial charge in [0, 0.05) is 25.5 Å². The molecule has 1 saturated carbocycles. The van der Waals surface area contributed by atoms with Gasteiger partial charge in [-0.25, -0.2) is 0 Å². The van der Waals surface area contributed by atoms with Gasteiger partial charge in [0.15, 0.2) is 0 Å². The summed E-state index contributed by atoms with van der Waals surface area (Å²) in [5.74, 6) is 2.12. The molecule has 0 spiro atoms. The van der Waals surface area contributed by atoms with Crippen molar-refractivity contribution in [1.82, 2.24) is 5.32 Å². The van der Waals surface area contributed by atoms with E-state index in [1.807, 2.05) is 11.8 Å². The van der Waals surface area contributed by atoms with Crippen molar-refractivity contribution in [2.75, 3.05) is 38.3 Å². The molecule has 1 aliphatic carbocycles. The number of hydrogen-bond donors (Lipinski definition) is 1. The highest BCUT2D eigenvalue weighted by molar-refractivity contribution is 7.98. The minimum absolute atomic E-state index is 0.907. The first-order chi connectivity index (χ1) is 6.43. The molecular formula is C10H21NOS. The SMILES string of the molecule is CSCCNCCCOCC1CC1. The molecule has 1 N–H and O–H groups in total. The van der Waals surface area contributed by atoms with E-state index in [4.69, 9.17) is 4.74 Å². The Morgan fingerprint density at radius 1 is 1.38 bits per heavy atom. The van der Waals surface area contributed by atoms with Crippen LogP contribution in [0.1, 0.15) is 19.3 Å². The molecular weight excluding hydrogens is 182 g/mol. The summed E-state index contributed by atoms with van der Waals surface area (Å²) >= 11 is 1.89. The van der Waals surface area contributed by atoms with Crippen molar-refractivity contribution in [3.8, 4) is 0 Å². The predicted molar refractivity (Wildman–Crippen MR) is 59.4 cm³/mol. The van der Waals surface area contributed by atoms with Gasteiger partial charge in [-0.1, -0.05) is 0 Å². The lowest BCUT2D eigenvalue weighted by atomic mass is 10.4. The summed E-state index contributed by atoms with van der Waals surface area (Å²) in [6.07, 6.45) is 6.08. The smallest absolute Gasteiger partial charge is 0.0494 e. The minimum atomic E-state index is 0.907. The summed E-state index contributed by atoms with van der Waals surface area (Å²) in [5, 5.41) is 3.39. The third-order valence-corrected chi connectivity index (χ3v) is 2.79. The second-order valence-electron chi connectivity index (χ2n) is 3.61. The minimum Gasteiger partial charge on any atom is -0.381 e. The zero-order chi connectivity index (χ0) is 9.36. The van der Waals surface area contributed by atoms with E-state index in [2.05, 4.69) is 11.6 Å². The maximum absolute atomic E-state index is 5.52. The summed E-state index contributed by atoms with van der Waals surface area (Å²) in [6, 6.07) is 0. The topological polar surface area (TPSA) is 21.3 Å². The number of nitrogens with one attached hydrogen (secondary N) is 1. The van der Waals surface area contributed by atoms with Crippen molar-refractivity contribution in [2.24, 2.45) is 5.92 Å². The molecule has 1 rings (SSSR count). The van der Waals surface area contributed by atoms with Gasteiger partial charge in [-0.2, -0.15) is 11.8 Å². The Hall–Kier alpha value is 0.270. The van der Waals surface area contributed by atoms with Crippen LogP contribution in [0.3, 0.4) is 0 Å². The summed E-state index contributed by atoms with van der Waals surface area (Å²) < 4.78 is 5.52. The molecule has 0 atom stereocenters. The summed E-state index contributed by atoms with van der Waals surface area (Å²) in [6.45, 7) is 4.17. The van der Waals surface area contributed by atoms with Crippen LogP contribution in [0.25, 0.3) is 0 Å². The summed E-state index contributed by atoms with van der Waals surface area (Å²) in [7, 11) is 0. The second kappa shape index (κ2) is 7.65. The Bertz CT molecular complexity index is 117. The highest BCUT2D eigenvalue weighted by atomic mass is 32.2. The van der Waals surface area contributed by atoms with Crippen LogP contribution < -0.4 is 5.32 Å². The van der Waals surface area contributed by atoms with E-state index in [0.717, 1.165) is 38.6 Å². The summed E-state index contributed by atoms with van der Waals surface area (Å²) in [5.41, 5.74) is 0. The first-order valence-corrected chi connectivity index (χ1v) is 6.60. The van der Waals surface area contributed by atoms with Crippen LogP contribution in [-0.2, 0) is 4.74 Å². The average molecular weight is 203 g/mol. The van der Waals surface area contributed by atoms with Crippen LogP contribution in [0.5, 0.6) is 0 Å². The number of ether oxygens (including phenoxy) is 1. The Labute approximate surface area is 85.8 Å². The van der Waals surface area contributed by atoms with Gasteiger partial charge >= 0.3 is 0 Å². The Kier molecular flexibility index (Phi) is 6.68. The molecule has 13 heavy (non-hydrogen) atoms. The quantitative estimate of drug-likeness (QED) is 0.577. The largest absolute Gasteiger partial charge is 0.381 e. The van der Waals surface area contributed by atoms with Crippen molar-refractivity contribution in [1.29, 1.82) is 0 Å². The molecule has 0 aromatic heterocycles. The fourth-order valence-corrected chi connectivity index (χ4v) is 1.48. The highest BCUT2D eigenvalue weighted by Gasteiger charge is 2.20. The van der Waals surface area contributed by atoms with E-state index in [-0.39, 0.29) is 0 Å². The number of thioether (sulfide) groups is 1. The summed E-state index contributed by atoms with van der Waals surface area (Å²) in [4.78, 5) is 0. The van der Waals surface area contributed by atoms with Crippen molar-refractivity contribution in [2.45, 2.75) is 19.3 Å². The third-order valence-electron chi connectivity index (χ3n) is 2.18. The van der Waals surface area contributed by atoms with Crippen molar-refractivity contribution in [3.05, 3.63) is 0 Å². The first kappa shape index (κ1) is 11.3. The van der Waals surface area contributed by atoms with Crippen LogP contribution in [0, 0.1) is 5.92 Å². The van der Waals surface area contributed by atoms with Gasteiger partial charge < -0.3 is 10.1 Å². The van der Waals surface area contributed by atoms with E-state index in [1.54, 1.807) is 0 Å². The molecule has 0 heterocycles. The first-order valence-electron chi connectivity index (χ1n) is 5.21. The standard InChI is InChI=1S/C10H21NOS/c1-13-8-6-11-5-2-7-12-9-10-3-4-10/h10-11H,2-9H2,1H3. The molecule has 1 aliphatic rings. The van der Waals surface area contributed by atoms with Crippen LogP contribution in [0.4, 0.5) is 0 Å². The molecule has 0 aromatic rings. The van der Waals surface area contributed by atoms with Crippen molar-refractivity contribution >= 4 is 11.8 Å². The van der Waals surface area contributed by atoms with Gasteiger partial charge in [-0.3, -0.25) is 0 Å². The fourth-order valence-electron chi connectivity index (χ4n) is 1.13. The lowest BCUT2D eigenvalue weighted by Gasteiger charge is -2.04. The Balaban J connectivity index is 1.63. The van der Waals surface area contributed by atoms with Gasteiger partial charge in [0.2, 0.25) is 0 Å². The van der Waals surface area contributed by atoms with Gasteiger partial charge in [0.1, 0.15) is 0 Å². The molecule has 0 aromatic carbocycles. The lowest BCUT2D eigenvalue weighted by molar-refractivity contribution is 0.122. The lowest BCUT2D eigenvalue weighted by Crippen LogP contribution is -2.19. The zero-order valence-corrected chi connectivity index (χ0v) is 9.37. The van der Waals surface area contributed by atoms with Crippen molar-refractivity contribution in [3.63, 3.8) is 0 Å². The van der Waals surface area contributed by atoms with Gasteiger partial charge in [-0.05, 0) is 38.0 Å². The average Bonchev–Trinajstić information content (AvgIpc) is 2.93. The monoisotopic (exact) mass is 203 g/mol. The highest BCUT2D eigenvalue weighted by Crippen LogP contribution is 2.28. The van der Waals surface area contributed by atoms with Gasteiger partial charge in [0.25, 0.3) is 0 Å². The number of hydrogen-bond acceptors (Lipinski definition) is 3. The van der Waals surface area contributed by atoms with E-state index in [0.29, 0.717) is 0 Å². The predicted octanol–water partition coefficient (Wildman–Crippen LogP) is 1.76. The molecule has 0 unspecified atom stereocenters. The number of rotatable bonds is 9. The molecule has 0 amide bonds. The molecule has 0 radical (unpaired) electrons. The van der Waals surface area contributed by atoms with E-state index >= 15 is 0 Å². The zero-order valence-electron chi connectivity index (χ0n) is 8.55. The molecule has 0 aliphatic heterocycles.